The molecule has 1 fully saturated rings. The molecule has 1 unspecified atom stereocenters. The first-order chi connectivity index (χ1) is 9.63. The molecule has 2 rings (SSSR count). The van der Waals surface area contributed by atoms with Crippen LogP contribution in [0.4, 0.5) is 5.69 Å². The van der Waals surface area contributed by atoms with E-state index in [1.165, 1.54) is 5.01 Å². The van der Waals surface area contributed by atoms with Gasteiger partial charge in [0.15, 0.2) is 6.29 Å². The minimum Gasteiger partial charge on any atom is -0.476 e. The number of hydrogen-bond acceptors (Lipinski definition) is 5. The first-order valence-corrected chi connectivity index (χ1v) is 6.56. The van der Waals surface area contributed by atoms with E-state index in [2.05, 4.69) is 0 Å². The van der Waals surface area contributed by atoms with Gasteiger partial charge in [-0.1, -0.05) is 30.4 Å². The van der Waals surface area contributed by atoms with Gasteiger partial charge in [-0.05, 0) is 12.1 Å². The quantitative estimate of drug-likeness (QED) is 0.839. The topological polar surface area (TPSA) is 62.2 Å². The van der Waals surface area contributed by atoms with Gasteiger partial charge in [0, 0.05) is 13.7 Å². The van der Waals surface area contributed by atoms with E-state index in [4.69, 9.17) is 21.7 Å². The average molecular weight is 296 g/mol. The fraction of sp³-hybridized carbons (Fsp3) is 0.385. The summed E-state index contributed by atoms with van der Waals surface area (Å²) in [6.45, 7) is 1.41. The number of hydrogen-bond donors (Lipinski definition) is 1. The van der Waals surface area contributed by atoms with Crippen molar-refractivity contribution in [3.05, 3.63) is 30.3 Å². The summed E-state index contributed by atoms with van der Waals surface area (Å²) in [5.41, 5.74) is 0.705. The number of benzene rings is 1. The number of methoxy groups -OCH3 is 1. The Hall–Kier alpha value is -1.54. The Balaban J connectivity index is 2.27. The van der Waals surface area contributed by atoms with Crippen molar-refractivity contribution in [1.29, 1.82) is 0 Å². The molecule has 0 amide bonds. The number of hydrazine groups is 1. The van der Waals surface area contributed by atoms with Crippen LogP contribution in [0.2, 0.25) is 0 Å². The van der Waals surface area contributed by atoms with Crippen molar-refractivity contribution < 1.29 is 19.4 Å². The minimum absolute atomic E-state index is 0.173. The molecule has 1 N–H and O–H groups in total. The van der Waals surface area contributed by atoms with E-state index in [-0.39, 0.29) is 4.99 Å². The summed E-state index contributed by atoms with van der Waals surface area (Å²) in [4.78, 5) is 11.1. The average Bonchev–Trinajstić information content (AvgIpc) is 2.48. The summed E-state index contributed by atoms with van der Waals surface area (Å²) >= 11 is 5.04. The maximum Gasteiger partial charge on any atom is 0.365 e. The van der Waals surface area contributed by atoms with Gasteiger partial charge in [0.1, 0.15) is 0 Å². The molecule has 1 aliphatic rings. The Kier molecular flexibility index (Phi) is 5.02. The second-order valence-electron chi connectivity index (χ2n) is 4.21. The first-order valence-electron chi connectivity index (χ1n) is 6.15. The molecular weight excluding hydrogens is 280 g/mol. The van der Waals surface area contributed by atoms with Gasteiger partial charge in [0.2, 0.25) is 4.99 Å². The van der Waals surface area contributed by atoms with E-state index >= 15 is 0 Å². The van der Waals surface area contributed by atoms with Gasteiger partial charge in [-0.15, -0.1) is 0 Å². The monoisotopic (exact) mass is 296 g/mol. The van der Waals surface area contributed by atoms with Gasteiger partial charge in [0.25, 0.3) is 0 Å². The number of aliphatic carboxylic acids is 1. The molecule has 0 aliphatic carbocycles. The van der Waals surface area contributed by atoms with Crippen LogP contribution in [0.1, 0.15) is 0 Å². The van der Waals surface area contributed by atoms with Crippen LogP contribution >= 0.6 is 12.2 Å². The fourth-order valence-corrected chi connectivity index (χ4v) is 2.22. The zero-order valence-electron chi connectivity index (χ0n) is 11.1. The lowest BCUT2D eigenvalue weighted by Gasteiger charge is -2.40. The SMILES string of the molecule is COC1CN(N(C(=S)C(=O)O)c2ccccc2)CCO1. The van der Waals surface area contributed by atoms with Crippen LogP contribution in [0.5, 0.6) is 0 Å². The number of ether oxygens (including phenoxy) is 2. The highest BCUT2D eigenvalue weighted by molar-refractivity contribution is 7.82. The Labute approximate surface area is 122 Å². The van der Waals surface area contributed by atoms with Crippen molar-refractivity contribution >= 4 is 28.9 Å². The van der Waals surface area contributed by atoms with Gasteiger partial charge < -0.3 is 14.6 Å². The molecule has 20 heavy (non-hydrogen) atoms. The Morgan fingerprint density at radius 1 is 1.50 bits per heavy atom. The van der Waals surface area contributed by atoms with E-state index in [0.717, 1.165) is 0 Å². The highest BCUT2D eigenvalue weighted by Gasteiger charge is 2.29. The summed E-state index contributed by atoms with van der Waals surface area (Å²) in [6.07, 6.45) is -0.397. The number of anilines is 1. The van der Waals surface area contributed by atoms with Crippen LogP contribution in [0.3, 0.4) is 0 Å². The van der Waals surface area contributed by atoms with Gasteiger partial charge >= 0.3 is 5.97 Å². The molecular formula is C13H16N2O4S. The van der Waals surface area contributed by atoms with Crippen LogP contribution in [0.25, 0.3) is 0 Å². The molecule has 1 aliphatic heterocycles. The summed E-state index contributed by atoms with van der Waals surface area (Å²) in [6, 6.07) is 9.16. The maximum atomic E-state index is 11.2. The van der Waals surface area contributed by atoms with Crippen LogP contribution in [-0.4, -0.2) is 54.2 Å². The number of thiocarbonyl (C=S) groups is 1. The number of carboxylic acid groups (broad SMARTS) is 1. The van der Waals surface area contributed by atoms with E-state index < -0.39 is 12.3 Å². The number of carbonyl (C=O) groups is 1. The zero-order chi connectivity index (χ0) is 14.5. The van der Waals surface area contributed by atoms with E-state index in [1.54, 1.807) is 7.11 Å². The van der Waals surface area contributed by atoms with Crippen molar-refractivity contribution in [1.82, 2.24) is 5.01 Å². The molecule has 1 aromatic rings. The molecule has 1 saturated heterocycles. The molecule has 6 nitrogen and oxygen atoms in total. The maximum absolute atomic E-state index is 11.2. The molecule has 108 valence electrons. The van der Waals surface area contributed by atoms with E-state index in [0.29, 0.717) is 25.4 Å². The standard InChI is InChI=1S/C13H16N2O4S/c1-18-11-9-14(7-8-19-11)15(12(20)13(16)17)10-5-3-2-4-6-10/h2-6,11H,7-9H2,1H3,(H,16,17). The second kappa shape index (κ2) is 6.76. The summed E-state index contributed by atoms with van der Waals surface area (Å²) in [5, 5.41) is 12.5. The number of morpholine rings is 1. The van der Waals surface area contributed by atoms with Crippen molar-refractivity contribution in [3.63, 3.8) is 0 Å². The van der Waals surface area contributed by atoms with Crippen LogP contribution in [0.15, 0.2) is 30.3 Å². The lowest BCUT2D eigenvalue weighted by Crippen LogP contribution is -2.55. The molecule has 7 heteroatoms. The third kappa shape index (κ3) is 3.31. The highest BCUT2D eigenvalue weighted by Crippen LogP contribution is 2.20. The van der Waals surface area contributed by atoms with Gasteiger partial charge in [0.05, 0.1) is 18.8 Å². The molecule has 1 aromatic carbocycles. The molecule has 0 radical (unpaired) electrons. The number of nitrogens with zero attached hydrogens (tertiary/aromatic N) is 2. The van der Waals surface area contributed by atoms with Gasteiger partial charge in [-0.25, -0.2) is 9.80 Å². The highest BCUT2D eigenvalue weighted by atomic mass is 32.1. The number of rotatable bonds is 3. The Morgan fingerprint density at radius 2 is 2.20 bits per heavy atom. The van der Waals surface area contributed by atoms with Crippen molar-refractivity contribution in [2.45, 2.75) is 6.29 Å². The molecule has 1 heterocycles. The summed E-state index contributed by atoms with van der Waals surface area (Å²) in [7, 11) is 1.55. The smallest absolute Gasteiger partial charge is 0.365 e. The minimum atomic E-state index is -1.13. The van der Waals surface area contributed by atoms with Crippen LogP contribution < -0.4 is 5.01 Å². The van der Waals surface area contributed by atoms with Crippen molar-refractivity contribution in [2.24, 2.45) is 0 Å². The lowest BCUT2D eigenvalue weighted by atomic mass is 10.3. The molecule has 0 bridgehead atoms. The fourth-order valence-electron chi connectivity index (χ4n) is 2.00. The first kappa shape index (κ1) is 14.9. The normalized spacial score (nSPS) is 19.6. The third-order valence-electron chi connectivity index (χ3n) is 2.93. The Bertz CT molecular complexity index is 483. The Morgan fingerprint density at radius 3 is 2.80 bits per heavy atom. The molecule has 0 aromatic heterocycles. The van der Waals surface area contributed by atoms with E-state index in [1.807, 2.05) is 35.3 Å². The molecule has 0 spiro atoms. The van der Waals surface area contributed by atoms with Gasteiger partial charge in [-0.2, -0.15) is 0 Å². The second-order valence-corrected chi connectivity index (χ2v) is 4.59. The zero-order valence-corrected chi connectivity index (χ0v) is 11.9. The number of carboxylic acids is 1. The summed E-state index contributed by atoms with van der Waals surface area (Å²) in [5.74, 6) is -1.13. The summed E-state index contributed by atoms with van der Waals surface area (Å²) < 4.78 is 10.6. The predicted octanol–water partition coefficient (Wildman–Crippen LogP) is 1.12. The third-order valence-corrected chi connectivity index (χ3v) is 3.28. The van der Waals surface area contributed by atoms with Crippen LogP contribution in [-0.2, 0) is 14.3 Å². The lowest BCUT2D eigenvalue weighted by molar-refractivity contribution is -0.164. The van der Waals surface area contributed by atoms with Crippen molar-refractivity contribution in [2.75, 3.05) is 31.8 Å². The van der Waals surface area contributed by atoms with Crippen LogP contribution in [0, 0.1) is 0 Å². The molecule has 1 atom stereocenters. The van der Waals surface area contributed by atoms with Gasteiger partial charge in [-0.3, -0.25) is 5.01 Å². The van der Waals surface area contributed by atoms with Crippen molar-refractivity contribution in [3.8, 4) is 0 Å². The predicted molar refractivity (Wildman–Crippen MR) is 77.5 cm³/mol. The number of para-hydroxylation sites is 1. The largest absolute Gasteiger partial charge is 0.476 e. The van der Waals surface area contributed by atoms with E-state index in [9.17, 15) is 9.90 Å². The molecule has 0 saturated carbocycles.